The number of fused-ring (bicyclic) bond motifs is 3. The normalized spacial score (nSPS) is 30.5. The topological polar surface area (TPSA) is 188 Å². The number of aliphatic hydroxyl groups excluding tert-OH is 3. The Labute approximate surface area is 265 Å². The smallest absolute Gasteiger partial charge is 0.315 e. The third kappa shape index (κ3) is 4.10. The summed E-state index contributed by atoms with van der Waals surface area (Å²) in [6, 6.07) is 9.31. The highest BCUT2D eigenvalue weighted by atomic mass is 16.5. The Morgan fingerprint density at radius 2 is 1.57 bits per heavy atom. The molecule has 0 aliphatic heterocycles. The van der Waals surface area contributed by atoms with Gasteiger partial charge in [-0.15, -0.1) is 0 Å². The molecule has 1 unspecified atom stereocenters. The van der Waals surface area contributed by atoms with Crippen LogP contribution >= 0.6 is 0 Å². The molecule has 0 amide bonds. The van der Waals surface area contributed by atoms with Crippen LogP contribution in [-0.4, -0.2) is 67.7 Å². The molecule has 0 radical (unpaired) electrons. The van der Waals surface area contributed by atoms with Gasteiger partial charge in [0, 0.05) is 22.3 Å². The zero-order valence-corrected chi connectivity index (χ0v) is 26.7. The number of esters is 1. The van der Waals surface area contributed by atoms with E-state index in [9.17, 15) is 44.7 Å². The molecule has 3 aliphatic carbocycles. The number of aromatic hydroxyl groups is 1. The molecule has 46 heavy (non-hydrogen) atoms. The summed E-state index contributed by atoms with van der Waals surface area (Å²) in [5.41, 5.74) is -7.67. The van der Waals surface area contributed by atoms with E-state index in [1.165, 1.54) is 39.2 Å². The van der Waals surface area contributed by atoms with Crippen molar-refractivity contribution in [1.82, 2.24) is 0 Å². The standard InChI is InChI=1S/C35H38O11/c1-15(2)25-28(39)23(17(4)36)30(41)35(44)31(42)26-29(40)24-21(16(3)33(26,5)32(43)34(25,35)6)13-8-18(27(24)38)14-22(37)46-20-11-9-19(45-7)10-12-20/h8-13,15-16,25,32,38,40-41,43-44H,14H2,1-7H3/t16-,25?,32-,33+,34+,35+/m1/s1. The second kappa shape index (κ2) is 10.8. The lowest BCUT2D eigenvalue weighted by Gasteiger charge is -2.63. The Balaban J connectivity index is 1.67. The lowest BCUT2D eigenvalue weighted by Crippen LogP contribution is -2.75. The SMILES string of the molecule is COc1ccc(OC(=O)Cc2ccc3c(c2O)C(O)=C2C(=O)[C@@]4(O)C(O)=C(C(C)=O)C(=O)C(C(C)C)[C@@]4(C)[C@H](O)[C@@]2(C)[C@@H]3C)cc1. The number of hydrogen-bond acceptors (Lipinski definition) is 11. The maximum atomic E-state index is 14.6. The number of phenolic OH excluding ortho intramolecular Hbond substituents is 1. The molecule has 244 valence electrons. The van der Waals surface area contributed by atoms with Gasteiger partial charge in [-0.3, -0.25) is 19.2 Å². The van der Waals surface area contributed by atoms with Gasteiger partial charge in [-0.2, -0.15) is 0 Å². The maximum absolute atomic E-state index is 14.6. The van der Waals surface area contributed by atoms with Gasteiger partial charge in [0.15, 0.2) is 17.2 Å². The number of benzene rings is 2. The molecule has 2 aromatic carbocycles. The number of aliphatic hydroxyl groups is 4. The number of carbonyl (C=O) groups excluding carboxylic acids is 4. The predicted molar refractivity (Wildman–Crippen MR) is 164 cm³/mol. The molecule has 0 saturated heterocycles. The van der Waals surface area contributed by atoms with E-state index in [1.807, 2.05) is 0 Å². The Morgan fingerprint density at radius 3 is 2.11 bits per heavy atom. The average molecular weight is 635 g/mol. The number of rotatable bonds is 6. The molecule has 0 bridgehead atoms. The highest BCUT2D eigenvalue weighted by Gasteiger charge is 2.77. The Kier molecular flexibility index (Phi) is 7.73. The number of allylic oxidation sites excluding steroid dienone is 1. The van der Waals surface area contributed by atoms with Crippen molar-refractivity contribution in [3.05, 3.63) is 70.0 Å². The molecule has 5 N–H and O–H groups in total. The van der Waals surface area contributed by atoms with E-state index in [0.717, 1.165) is 6.92 Å². The van der Waals surface area contributed by atoms with Crippen LogP contribution in [0.25, 0.3) is 5.76 Å². The highest BCUT2D eigenvalue weighted by molar-refractivity contribution is 6.24. The van der Waals surface area contributed by atoms with Crippen molar-refractivity contribution in [1.29, 1.82) is 0 Å². The Bertz CT molecular complexity index is 1750. The summed E-state index contributed by atoms with van der Waals surface area (Å²) < 4.78 is 10.5. The summed E-state index contributed by atoms with van der Waals surface area (Å²) in [5, 5.41) is 59.0. The number of phenols is 1. The van der Waals surface area contributed by atoms with E-state index in [1.54, 1.807) is 39.0 Å². The molecule has 3 aliphatic rings. The van der Waals surface area contributed by atoms with Gasteiger partial charge in [0.25, 0.3) is 0 Å². The predicted octanol–water partition coefficient (Wildman–Crippen LogP) is 3.88. The number of methoxy groups -OCH3 is 1. The molecule has 1 saturated carbocycles. The van der Waals surface area contributed by atoms with Crippen LogP contribution in [0.15, 0.2) is 53.3 Å². The summed E-state index contributed by atoms with van der Waals surface area (Å²) >= 11 is 0. The summed E-state index contributed by atoms with van der Waals surface area (Å²) in [5.74, 6) is -7.96. The van der Waals surface area contributed by atoms with Gasteiger partial charge >= 0.3 is 5.97 Å². The Hall–Kier alpha value is -4.48. The average Bonchev–Trinajstić information content (AvgIpc) is 2.98. The number of carbonyl (C=O) groups is 4. The second-order valence-corrected chi connectivity index (χ2v) is 13.2. The number of ether oxygens (including phenoxy) is 2. The van der Waals surface area contributed by atoms with Gasteiger partial charge in [0.05, 0.1) is 30.8 Å². The monoisotopic (exact) mass is 634 g/mol. The first-order valence-electron chi connectivity index (χ1n) is 15.0. The number of hydrogen-bond donors (Lipinski definition) is 5. The van der Waals surface area contributed by atoms with Crippen molar-refractivity contribution in [2.24, 2.45) is 22.7 Å². The van der Waals surface area contributed by atoms with Crippen LogP contribution in [0.3, 0.4) is 0 Å². The largest absolute Gasteiger partial charge is 0.508 e. The molecule has 2 aromatic rings. The minimum absolute atomic E-state index is 0.0670. The summed E-state index contributed by atoms with van der Waals surface area (Å²) in [6.45, 7) is 8.83. The fraction of sp³-hybridized carbons (Fsp3) is 0.429. The van der Waals surface area contributed by atoms with Crippen LogP contribution in [0.2, 0.25) is 0 Å². The van der Waals surface area contributed by atoms with Gasteiger partial charge in [-0.05, 0) is 48.6 Å². The molecule has 0 spiro atoms. The number of ketones is 3. The third-order valence-electron chi connectivity index (χ3n) is 10.5. The lowest BCUT2D eigenvalue weighted by atomic mass is 9.40. The maximum Gasteiger partial charge on any atom is 0.315 e. The molecule has 6 atom stereocenters. The van der Waals surface area contributed by atoms with Crippen LogP contribution in [0.1, 0.15) is 64.2 Å². The van der Waals surface area contributed by atoms with Crippen molar-refractivity contribution in [2.45, 2.75) is 65.6 Å². The second-order valence-electron chi connectivity index (χ2n) is 13.2. The fourth-order valence-electron chi connectivity index (χ4n) is 8.08. The van der Waals surface area contributed by atoms with E-state index in [0.29, 0.717) is 11.3 Å². The number of Topliss-reactive ketones (excluding diaryl/α,β-unsaturated/α-hetero) is 3. The zero-order chi connectivity index (χ0) is 34.3. The van der Waals surface area contributed by atoms with Gasteiger partial charge in [-0.1, -0.05) is 46.8 Å². The molecule has 11 heteroatoms. The van der Waals surface area contributed by atoms with Crippen molar-refractivity contribution in [3.63, 3.8) is 0 Å². The van der Waals surface area contributed by atoms with Crippen molar-refractivity contribution < 1.29 is 54.2 Å². The summed E-state index contributed by atoms with van der Waals surface area (Å²) in [6.07, 6.45) is -2.14. The van der Waals surface area contributed by atoms with Crippen molar-refractivity contribution >= 4 is 29.1 Å². The summed E-state index contributed by atoms with van der Waals surface area (Å²) in [4.78, 5) is 53.6. The Morgan fingerprint density at radius 1 is 0.978 bits per heavy atom. The van der Waals surface area contributed by atoms with E-state index < -0.39 is 98.4 Å². The van der Waals surface area contributed by atoms with Crippen LogP contribution in [0, 0.1) is 22.7 Å². The molecular formula is C35H38O11. The minimum atomic E-state index is -2.98. The highest BCUT2D eigenvalue weighted by Crippen LogP contribution is 2.67. The van der Waals surface area contributed by atoms with Crippen molar-refractivity contribution in [2.75, 3.05) is 7.11 Å². The molecular weight excluding hydrogens is 596 g/mol. The van der Waals surface area contributed by atoms with Crippen molar-refractivity contribution in [3.8, 4) is 17.2 Å². The quantitative estimate of drug-likeness (QED) is 0.176. The van der Waals surface area contributed by atoms with Crippen LogP contribution < -0.4 is 9.47 Å². The minimum Gasteiger partial charge on any atom is -0.508 e. The lowest BCUT2D eigenvalue weighted by molar-refractivity contribution is -0.215. The van der Waals surface area contributed by atoms with Crippen LogP contribution in [0.4, 0.5) is 0 Å². The first kappa shape index (κ1) is 32.9. The van der Waals surface area contributed by atoms with E-state index in [-0.39, 0.29) is 16.9 Å². The van der Waals surface area contributed by atoms with Gasteiger partial charge < -0.3 is 35.0 Å². The van der Waals surface area contributed by atoms with E-state index >= 15 is 0 Å². The molecule has 1 fully saturated rings. The van der Waals surface area contributed by atoms with E-state index in [4.69, 9.17) is 9.47 Å². The van der Waals surface area contributed by atoms with Gasteiger partial charge in [0.2, 0.25) is 5.78 Å². The summed E-state index contributed by atoms with van der Waals surface area (Å²) in [7, 11) is 1.50. The van der Waals surface area contributed by atoms with Crippen LogP contribution in [0.5, 0.6) is 17.2 Å². The first-order valence-corrected chi connectivity index (χ1v) is 15.0. The van der Waals surface area contributed by atoms with Gasteiger partial charge in [-0.25, -0.2) is 0 Å². The first-order chi connectivity index (χ1) is 21.4. The van der Waals surface area contributed by atoms with E-state index in [2.05, 4.69) is 0 Å². The molecule has 0 heterocycles. The zero-order valence-electron chi connectivity index (χ0n) is 26.7. The molecule has 5 rings (SSSR count). The van der Waals surface area contributed by atoms with Gasteiger partial charge in [0.1, 0.15) is 34.3 Å². The van der Waals surface area contributed by atoms with Crippen LogP contribution in [-0.2, 0) is 25.6 Å². The molecule has 0 aromatic heterocycles. The molecule has 11 nitrogen and oxygen atoms in total. The fourth-order valence-corrected chi connectivity index (χ4v) is 8.08. The third-order valence-corrected chi connectivity index (χ3v) is 10.5.